The first kappa shape index (κ1) is 14.0. The van der Waals surface area contributed by atoms with Crippen LogP contribution in [-0.2, 0) is 0 Å². The maximum absolute atomic E-state index is 3.64. The average molecular weight is 393 g/mol. The highest BCUT2D eigenvalue weighted by Crippen LogP contribution is 2.34. The number of hydrogen-bond donors (Lipinski definition) is 1. The molecular formula is C17H16INS. The maximum atomic E-state index is 3.64. The Morgan fingerprint density at radius 3 is 2.60 bits per heavy atom. The molecule has 102 valence electrons. The lowest BCUT2D eigenvalue weighted by Gasteiger charge is -2.19. The largest absolute Gasteiger partial charge is 0.306 e. The fourth-order valence-electron chi connectivity index (χ4n) is 2.52. The SMILES string of the molecule is CCNC(c1ccccc1I)c1csc2ccccc12. The van der Waals surface area contributed by atoms with Gasteiger partial charge in [-0.05, 0) is 63.2 Å². The summed E-state index contributed by atoms with van der Waals surface area (Å²) >= 11 is 4.25. The summed E-state index contributed by atoms with van der Waals surface area (Å²) in [6.07, 6.45) is 0. The smallest absolute Gasteiger partial charge is 0.0601 e. The van der Waals surface area contributed by atoms with Crippen LogP contribution in [-0.4, -0.2) is 6.54 Å². The fourth-order valence-corrected chi connectivity index (χ4v) is 4.21. The van der Waals surface area contributed by atoms with Crippen LogP contribution in [0.3, 0.4) is 0 Å². The molecule has 2 aromatic carbocycles. The van der Waals surface area contributed by atoms with Gasteiger partial charge >= 0.3 is 0 Å². The van der Waals surface area contributed by atoms with Crippen molar-refractivity contribution >= 4 is 44.0 Å². The third-order valence-electron chi connectivity index (χ3n) is 3.45. The summed E-state index contributed by atoms with van der Waals surface area (Å²) in [6, 6.07) is 17.5. The number of benzene rings is 2. The number of halogens is 1. The Morgan fingerprint density at radius 2 is 1.80 bits per heavy atom. The first-order valence-electron chi connectivity index (χ1n) is 6.75. The standard InChI is InChI=1S/C17H16INS/c1-2-19-17(13-8-3-5-9-15(13)18)14-11-20-16-10-6-4-7-12(14)16/h3-11,17,19H,2H2,1H3. The molecule has 1 N–H and O–H groups in total. The highest BCUT2D eigenvalue weighted by Gasteiger charge is 2.18. The predicted molar refractivity (Wildman–Crippen MR) is 96.5 cm³/mol. The van der Waals surface area contributed by atoms with Crippen molar-refractivity contribution in [3.05, 3.63) is 68.6 Å². The molecule has 0 aliphatic carbocycles. The van der Waals surface area contributed by atoms with Crippen LogP contribution in [0.5, 0.6) is 0 Å². The Bertz CT molecular complexity index is 720. The minimum atomic E-state index is 0.268. The second-order valence-electron chi connectivity index (χ2n) is 4.70. The zero-order valence-electron chi connectivity index (χ0n) is 11.3. The van der Waals surface area contributed by atoms with Crippen molar-refractivity contribution in [2.45, 2.75) is 13.0 Å². The van der Waals surface area contributed by atoms with Gasteiger partial charge in [0.25, 0.3) is 0 Å². The van der Waals surface area contributed by atoms with Gasteiger partial charge in [-0.25, -0.2) is 0 Å². The van der Waals surface area contributed by atoms with E-state index in [-0.39, 0.29) is 6.04 Å². The molecule has 0 aliphatic heterocycles. The van der Waals surface area contributed by atoms with Crippen molar-refractivity contribution in [2.24, 2.45) is 0 Å². The van der Waals surface area contributed by atoms with E-state index in [0.717, 1.165) is 6.54 Å². The molecule has 0 bridgehead atoms. The van der Waals surface area contributed by atoms with E-state index in [0.29, 0.717) is 0 Å². The number of rotatable bonds is 4. The molecule has 0 radical (unpaired) electrons. The average Bonchev–Trinajstić information content (AvgIpc) is 2.90. The Kier molecular flexibility index (Phi) is 4.38. The van der Waals surface area contributed by atoms with E-state index in [9.17, 15) is 0 Å². The quantitative estimate of drug-likeness (QED) is 0.601. The molecule has 0 saturated heterocycles. The van der Waals surface area contributed by atoms with Crippen LogP contribution in [0.15, 0.2) is 53.9 Å². The number of fused-ring (bicyclic) bond motifs is 1. The lowest BCUT2D eigenvalue weighted by atomic mass is 9.98. The van der Waals surface area contributed by atoms with Crippen LogP contribution in [0.1, 0.15) is 24.1 Å². The molecule has 0 saturated carbocycles. The van der Waals surface area contributed by atoms with Gasteiger partial charge in [0, 0.05) is 8.27 Å². The van der Waals surface area contributed by atoms with Crippen LogP contribution in [0.25, 0.3) is 10.1 Å². The lowest BCUT2D eigenvalue weighted by molar-refractivity contribution is 0.633. The van der Waals surface area contributed by atoms with Gasteiger partial charge in [0.2, 0.25) is 0 Å². The van der Waals surface area contributed by atoms with Crippen molar-refractivity contribution in [2.75, 3.05) is 6.54 Å². The van der Waals surface area contributed by atoms with Gasteiger partial charge in [0.15, 0.2) is 0 Å². The van der Waals surface area contributed by atoms with Gasteiger partial charge in [0.05, 0.1) is 6.04 Å². The van der Waals surface area contributed by atoms with Crippen LogP contribution in [0, 0.1) is 3.57 Å². The normalized spacial score (nSPS) is 12.7. The molecule has 0 spiro atoms. The Balaban J connectivity index is 2.14. The van der Waals surface area contributed by atoms with E-state index < -0.39 is 0 Å². The Labute approximate surface area is 137 Å². The van der Waals surface area contributed by atoms with Crippen molar-refractivity contribution < 1.29 is 0 Å². The highest BCUT2D eigenvalue weighted by atomic mass is 127. The molecule has 1 atom stereocenters. The topological polar surface area (TPSA) is 12.0 Å². The van der Waals surface area contributed by atoms with E-state index in [1.807, 2.05) is 11.3 Å². The number of nitrogens with one attached hydrogen (secondary N) is 1. The molecule has 1 nitrogen and oxygen atoms in total. The molecule has 1 aromatic heterocycles. The summed E-state index contributed by atoms with van der Waals surface area (Å²) in [5, 5.41) is 7.29. The second-order valence-corrected chi connectivity index (χ2v) is 6.77. The minimum Gasteiger partial charge on any atom is -0.306 e. The molecule has 20 heavy (non-hydrogen) atoms. The summed E-state index contributed by atoms with van der Waals surface area (Å²) in [5.41, 5.74) is 2.75. The van der Waals surface area contributed by atoms with Crippen LogP contribution in [0.4, 0.5) is 0 Å². The van der Waals surface area contributed by atoms with Crippen molar-refractivity contribution in [3.63, 3.8) is 0 Å². The Morgan fingerprint density at radius 1 is 1.05 bits per heavy atom. The van der Waals surface area contributed by atoms with Crippen LogP contribution >= 0.6 is 33.9 Å². The zero-order chi connectivity index (χ0) is 13.9. The fraction of sp³-hybridized carbons (Fsp3) is 0.176. The predicted octanol–water partition coefficient (Wildman–Crippen LogP) is 5.20. The molecule has 0 aliphatic rings. The maximum Gasteiger partial charge on any atom is 0.0601 e. The van der Waals surface area contributed by atoms with E-state index in [1.54, 1.807) is 0 Å². The van der Waals surface area contributed by atoms with E-state index in [4.69, 9.17) is 0 Å². The molecule has 3 aromatic rings. The minimum absolute atomic E-state index is 0.268. The van der Waals surface area contributed by atoms with Gasteiger partial charge in [-0.3, -0.25) is 0 Å². The summed E-state index contributed by atoms with van der Waals surface area (Å²) in [7, 11) is 0. The first-order chi connectivity index (χ1) is 9.81. The third kappa shape index (κ3) is 2.62. The Hall–Kier alpha value is -0.910. The van der Waals surface area contributed by atoms with Crippen LogP contribution < -0.4 is 5.32 Å². The van der Waals surface area contributed by atoms with E-state index >= 15 is 0 Å². The van der Waals surface area contributed by atoms with E-state index in [1.165, 1.54) is 24.8 Å². The summed E-state index contributed by atoms with van der Waals surface area (Å²) in [5.74, 6) is 0. The third-order valence-corrected chi connectivity index (χ3v) is 5.41. The molecular weight excluding hydrogens is 377 g/mol. The van der Waals surface area contributed by atoms with Gasteiger partial charge in [-0.15, -0.1) is 11.3 Å². The molecule has 0 fully saturated rings. The monoisotopic (exact) mass is 393 g/mol. The zero-order valence-corrected chi connectivity index (χ0v) is 14.2. The number of hydrogen-bond acceptors (Lipinski definition) is 2. The summed E-state index contributed by atoms with van der Waals surface area (Å²) < 4.78 is 2.67. The molecule has 3 rings (SSSR count). The highest BCUT2D eigenvalue weighted by molar-refractivity contribution is 14.1. The second kappa shape index (κ2) is 6.24. The first-order valence-corrected chi connectivity index (χ1v) is 8.71. The van der Waals surface area contributed by atoms with Gasteiger partial charge in [-0.1, -0.05) is 43.3 Å². The van der Waals surface area contributed by atoms with Crippen LogP contribution in [0.2, 0.25) is 0 Å². The van der Waals surface area contributed by atoms with Gasteiger partial charge in [-0.2, -0.15) is 0 Å². The molecule has 3 heteroatoms. The van der Waals surface area contributed by atoms with E-state index in [2.05, 4.69) is 88.7 Å². The number of thiophene rings is 1. The molecule has 0 amide bonds. The summed E-state index contributed by atoms with van der Waals surface area (Å²) in [6.45, 7) is 3.12. The van der Waals surface area contributed by atoms with Crippen molar-refractivity contribution in [1.29, 1.82) is 0 Å². The summed E-state index contributed by atoms with van der Waals surface area (Å²) in [4.78, 5) is 0. The molecule has 1 heterocycles. The van der Waals surface area contributed by atoms with Crippen molar-refractivity contribution in [1.82, 2.24) is 5.32 Å². The lowest BCUT2D eigenvalue weighted by Crippen LogP contribution is -2.22. The van der Waals surface area contributed by atoms with Gasteiger partial charge < -0.3 is 5.32 Å². The van der Waals surface area contributed by atoms with Gasteiger partial charge in [0.1, 0.15) is 0 Å². The molecule has 1 unspecified atom stereocenters. The van der Waals surface area contributed by atoms with Crippen molar-refractivity contribution in [3.8, 4) is 0 Å².